The highest BCUT2D eigenvalue weighted by atomic mass is 35.5. The maximum absolute atomic E-state index is 5.94. The molecule has 1 rings (SSSR count). The van der Waals surface area contributed by atoms with Gasteiger partial charge in [-0.05, 0) is 30.5 Å². The van der Waals surface area contributed by atoms with Crippen molar-refractivity contribution in [1.82, 2.24) is 0 Å². The molecular formula is C13H21ClN2. The van der Waals surface area contributed by atoms with Crippen LogP contribution in [0.3, 0.4) is 0 Å². The normalized spacial score (nSPS) is 14.5. The van der Waals surface area contributed by atoms with E-state index in [0.717, 1.165) is 10.7 Å². The van der Waals surface area contributed by atoms with Crippen LogP contribution in [0.5, 0.6) is 0 Å². The van der Waals surface area contributed by atoms with Crippen LogP contribution in [0.1, 0.15) is 26.7 Å². The van der Waals surface area contributed by atoms with Gasteiger partial charge >= 0.3 is 0 Å². The average molecular weight is 241 g/mol. The first-order valence-corrected chi connectivity index (χ1v) is 6.27. The molecule has 1 aromatic rings. The Morgan fingerprint density at radius 2 is 2.19 bits per heavy atom. The van der Waals surface area contributed by atoms with E-state index in [0.29, 0.717) is 18.5 Å². The van der Waals surface area contributed by atoms with E-state index < -0.39 is 0 Å². The van der Waals surface area contributed by atoms with Crippen molar-refractivity contribution in [3.63, 3.8) is 0 Å². The van der Waals surface area contributed by atoms with Gasteiger partial charge in [0.15, 0.2) is 0 Å². The molecular weight excluding hydrogens is 220 g/mol. The predicted octanol–water partition coefficient (Wildman–Crippen LogP) is 3.52. The van der Waals surface area contributed by atoms with Crippen LogP contribution >= 0.6 is 11.6 Å². The zero-order valence-electron chi connectivity index (χ0n) is 10.0. The minimum absolute atomic E-state index is 0.318. The predicted molar refractivity (Wildman–Crippen MR) is 72.0 cm³/mol. The summed E-state index contributed by atoms with van der Waals surface area (Å²) in [5.41, 5.74) is 6.84. The Balaban J connectivity index is 2.62. The molecule has 2 nitrogen and oxygen atoms in total. The van der Waals surface area contributed by atoms with Crippen LogP contribution < -0.4 is 11.1 Å². The molecule has 90 valence electrons. The highest BCUT2D eigenvalue weighted by Crippen LogP contribution is 2.19. The molecule has 0 saturated heterocycles. The molecule has 0 heterocycles. The molecule has 0 radical (unpaired) electrons. The van der Waals surface area contributed by atoms with E-state index in [4.69, 9.17) is 17.3 Å². The number of hydrogen-bond donors (Lipinski definition) is 2. The van der Waals surface area contributed by atoms with E-state index in [1.54, 1.807) is 0 Å². The second-order valence-corrected chi connectivity index (χ2v) is 4.70. The molecule has 0 aliphatic heterocycles. The number of nitrogens with one attached hydrogen (secondary N) is 1. The van der Waals surface area contributed by atoms with Crippen molar-refractivity contribution in [3.05, 3.63) is 29.3 Å². The lowest BCUT2D eigenvalue weighted by molar-refractivity contribution is 0.450. The Hall–Kier alpha value is -0.730. The second kappa shape index (κ2) is 6.77. The van der Waals surface area contributed by atoms with Gasteiger partial charge in [-0.3, -0.25) is 0 Å². The van der Waals surface area contributed by atoms with Gasteiger partial charge in [0.2, 0.25) is 0 Å². The van der Waals surface area contributed by atoms with Gasteiger partial charge in [-0.15, -0.1) is 0 Å². The van der Waals surface area contributed by atoms with Crippen molar-refractivity contribution in [3.8, 4) is 0 Å². The van der Waals surface area contributed by atoms with Gasteiger partial charge in [-0.2, -0.15) is 0 Å². The van der Waals surface area contributed by atoms with Crippen LogP contribution in [0.4, 0.5) is 5.69 Å². The third kappa shape index (κ3) is 4.03. The third-order valence-electron chi connectivity index (χ3n) is 2.86. The minimum Gasteiger partial charge on any atom is -0.381 e. The molecule has 3 N–H and O–H groups in total. The maximum Gasteiger partial charge on any atom is 0.0426 e. The Kier molecular flexibility index (Phi) is 5.64. The van der Waals surface area contributed by atoms with Crippen molar-refractivity contribution >= 4 is 17.3 Å². The Bertz CT molecular complexity index is 315. The molecule has 0 aromatic heterocycles. The van der Waals surface area contributed by atoms with Gasteiger partial charge in [0.1, 0.15) is 0 Å². The standard InChI is InChI=1S/C13H21ClN2/c1-3-5-10(2)13(9-15)16-12-7-4-6-11(14)8-12/h4,6-8,10,13,16H,3,5,9,15H2,1-2H3. The van der Waals surface area contributed by atoms with Crippen LogP contribution in [0.25, 0.3) is 0 Å². The Morgan fingerprint density at radius 1 is 1.44 bits per heavy atom. The summed E-state index contributed by atoms with van der Waals surface area (Å²) in [6.45, 7) is 5.08. The molecule has 16 heavy (non-hydrogen) atoms. The molecule has 3 heteroatoms. The number of nitrogens with two attached hydrogens (primary N) is 1. The van der Waals surface area contributed by atoms with E-state index >= 15 is 0 Å². The number of anilines is 1. The zero-order chi connectivity index (χ0) is 12.0. The van der Waals surface area contributed by atoms with Crippen LogP contribution in [0.2, 0.25) is 5.02 Å². The average Bonchev–Trinajstić information content (AvgIpc) is 2.26. The summed E-state index contributed by atoms with van der Waals surface area (Å²) in [6, 6.07) is 8.09. The van der Waals surface area contributed by atoms with Gasteiger partial charge in [-0.1, -0.05) is 37.9 Å². The van der Waals surface area contributed by atoms with Gasteiger partial charge in [0.05, 0.1) is 0 Å². The summed E-state index contributed by atoms with van der Waals surface area (Å²) in [5, 5.41) is 4.20. The number of benzene rings is 1. The largest absolute Gasteiger partial charge is 0.381 e. The van der Waals surface area contributed by atoms with Crippen molar-refractivity contribution < 1.29 is 0 Å². The van der Waals surface area contributed by atoms with Gasteiger partial charge in [0.25, 0.3) is 0 Å². The quantitative estimate of drug-likeness (QED) is 0.799. The number of rotatable bonds is 6. The fourth-order valence-electron chi connectivity index (χ4n) is 1.88. The molecule has 0 spiro atoms. The van der Waals surface area contributed by atoms with E-state index in [-0.39, 0.29) is 0 Å². The molecule has 0 saturated carbocycles. The van der Waals surface area contributed by atoms with Crippen LogP contribution in [0.15, 0.2) is 24.3 Å². The molecule has 2 unspecified atom stereocenters. The first-order chi connectivity index (χ1) is 7.67. The van der Waals surface area contributed by atoms with E-state index in [1.165, 1.54) is 12.8 Å². The molecule has 0 aliphatic carbocycles. The van der Waals surface area contributed by atoms with Gasteiger partial charge in [0, 0.05) is 23.3 Å². The lowest BCUT2D eigenvalue weighted by atomic mass is 9.96. The molecule has 0 bridgehead atoms. The van der Waals surface area contributed by atoms with E-state index in [9.17, 15) is 0 Å². The molecule has 0 fully saturated rings. The minimum atomic E-state index is 0.318. The summed E-state index contributed by atoms with van der Waals surface area (Å²) in [7, 11) is 0. The molecule has 0 aliphatic rings. The molecule has 1 aromatic carbocycles. The lowest BCUT2D eigenvalue weighted by Crippen LogP contribution is -2.34. The van der Waals surface area contributed by atoms with Crippen molar-refractivity contribution in [1.29, 1.82) is 0 Å². The van der Waals surface area contributed by atoms with Crippen LogP contribution in [0, 0.1) is 5.92 Å². The van der Waals surface area contributed by atoms with E-state index in [2.05, 4.69) is 19.2 Å². The van der Waals surface area contributed by atoms with Gasteiger partial charge < -0.3 is 11.1 Å². The fraction of sp³-hybridized carbons (Fsp3) is 0.538. The molecule has 2 atom stereocenters. The highest BCUT2D eigenvalue weighted by Gasteiger charge is 2.14. The summed E-state index contributed by atoms with van der Waals surface area (Å²) in [6.07, 6.45) is 2.38. The first-order valence-electron chi connectivity index (χ1n) is 5.89. The van der Waals surface area contributed by atoms with Crippen LogP contribution in [-0.4, -0.2) is 12.6 Å². The third-order valence-corrected chi connectivity index (χ3v) is 3.10. The Morgan fingerprint density at radius 3 is 2.75 bits per heavy atom. The summed E-state index contributed by atoms with van der Waals surface area (Å²) in [4.78, 5) is 0. The summed E-state index contributed by atoms with van der Waals surface area (Å²) >= 11 is 5.94. The molecule has 0 amide bonds. The maximum atomic E-state index is 5.94. The highest BCUT2D eigenvalue weighted by molar-refractivity contribution is 6.30. The number of hydrogen-bond acceptors (Lipinski definition) is 2. The smallest absolute Gasteiger partial charge is 0.0426 e. The van der Waals surface area contributed by atoms with E-state index in [1.807, 2.05) is 24.3 Å². The van der Waals surface area contributed by atoms with Crippen LogP contribution in [-0.2, 0) is 0 Å². The monoisotopic (exact) mass is 240 g/mol. The Labute approximate surface area is 103 Å². The van der Waals surface area contributed by atoms with Crippen molar-refractivity contribution in [2.45, 2.75) is 32.7 Å². The van der Waals surface area contributed by atoms with Gasteiger partial charge in [-0.25, -0.2) is 0 Å². The topological polar surface area (TPSA) is 38.0 Å². The second-order valence-electron chi connectivity index (χ2n) is 4.26. The van der Waals surface area contributed by atoms with Crippen molar-refractivity contribution in [2.24, 2.45) is 11.7 Å². The summed E-state index contributed by atoms with van der Waals surface area (Å²) in [5.74, 6) is 0.578. The fourth-order valence-corrected chi connectivity index (χ4v) is 2.07. The lowest BCUT2D eigenvalue weighted by Gasteiger charge is -2.24. The summed E-state index contributed by atoms with van der Waals surface area (Å²) < 4.78 is 0. The van der Waals surface area contributed by atoms with Crippen molar-refractivity contribution in [2.75, 3.05) is 11.9 Å². The number of halogens is 1. The zero-order valence-corrected chi connectivity index (χ0v) is 10.8. The SMILES string of the molecule is CCCC(C)C(CN)Nc1cccc(Cl)c1. The first kappa shape index (κ1) is 13.3.